The minimum absolute atomic E-state index is 0.133. The Morgan fingerprint density at radius 2 is 2.17 bits per heavy atom. The van der Waals surface area contributed by atoms with Gasteiger partial charge >= 0.3 is 0 Å². The third kappa shape index (κ3) is 4.68. The molecule has 1 saturated heterocycles. The van der Waals surface area contributed by atoms with Crippen LogP contribution in [0.3, 0.4) is 0 Å². The molecule has 1 heterocycles. The van der Waals surface area contributed by atoms with Crippen molar-refractivity contribution in [2.75, 3.05) is 32.5 Å². The zero-order valence-electron chi connectivity index (χ0n) is 13.8. The predicted octanol–water partition coefficient (Wildman–Crippen LogP) is 2.29. The van der Waals surface area contributed by atoms with Gasteiger partial charge in [-0.05, 0) is 44.2 Å². The Morgan fingerprint density at radius 3 is 2.75 bits per heavy atom. The van der Waals surface area contributed by atoms with Gasteiger partial charge in [-0.3, -0.25) is 14.9 Å². The molecular formula is C16H23N3O4S. The predicted molar refractivity (Wildman–Crippen MR) is 93.4 cm³/mol. The molecule has 0 saturated carbocycles. The summed E-state index contributed by atoms with van der Waals surface area (Å²) in [6.07, 6.45) is 4.32. The van der Waals surface area contributed by atoms with Crippen molar-refractivity contribution in [1.29, 1.82) is 0 Å². The van der Waals surface area contributed by atoms with Gasteiger partial charge in [0, 0.05) is 30.7 Å². The highest BCUT2D eigenvalue weighted by molar-refractivity contribution is 7.98. The molecule has 2 rings (SSSR count). The maximum atomic E-state index is 12.7. The van der Waals surface area contributed by atoms with Crippen LogP contribution < -0.4 is 5.73 Å². The van der Waals surface area contributed by atoms with E-state index in [9.17, 15) is 14.9 Å². The molecule has 24 heavy (non-hydrogen) atoms. The molecule has 1 aliphatic heterocycles. The smallest absolute Gasteiger partial charge is 0.282 e. The first-order valence-electron chi connectivity index (χ1n) is 8.00. The van der Waals surface area contributed by atoms with Crippen molar-refractivity contribution in [2.45, 2.75) is 30.3 Å². The average molecular weight is 353 g/mol. The van der Waals surface area contributed by atoms with Crippen LogP contribution in [0.2, 0.25) is 0 Å². The molecule has 0 radical (unpaired) electrons. The Kier molecular flexibility index (Phi) is 7.01. The summed E-state index contributed by atoms with van der Waals surface area (Å²) in [4.78, 5) is 25.9. The summed E-state index contributed by atoms with van der Waals surface area (Å²) in [6.45, 7) is 2.34. The number of likely N-dealkylation sites (tertiary alicyclic amines) is 1. The van der Waals surface area contributed by atoms with Crippen molar-refractivity contribution in [3.8, 4) is 0 Å². The summed E-state index contributed by atoms with van der Waals surface area (Å²) < 4.78 is 5.73. The third-order valence-corrected chi connectivity index (χ3v) is 4.79. The van der Waals surface area contributed by atoms with E-state index in [0.29, 0.717) is 26.2 Å². The maximum Gasteiger partial charge on any atom is 0.282 e. The number of thioether (sulfide) groups is 1. The van der Waals surface area contributed by atoms with E-state index < -0.39 is 4.92 Å². The first-order valence-corrected chi connectivity index (χ1v) is 9.22. The van der Waals surface area contributed by atoms with Gasteiger partial charge in [-0.2, -0.15) is 0 Å². The van der Waals surface area contributed by atoms with Crippen LogP contribution in [0.1, 0.15) is 29.6 Å². The van der Waals surface area contributed by atoms with E-state index in [0.717, 1.165) is 24.2 Å². The Hall–Kier alpha value is -1.64. The summed E-state index contributed by atoms with van der Waals surface area (Å²) in [5.41, 5.74) is 5.46. The van der Waals surface area contributed by atoms with Crippen LogP contribution in [0.15, 0.2) is 23.1 Å². The molecule has 7 nitrogen and oxygen atoms in total. The molecule has 0 bridgehead atoms. The van der Waals surface area contributed by atoms with E-state index in [1.54, 1.807) is 17.0 Å². The molecule has 8 heteroatoms. The van der Waals surface area contributed by atoms with E-state index in [1.807, 2.05) is 6.26 Å². The van der Waals surface area contributed by atoms with Crippen LogP contribution in [0, 0.1) is 10.1 Å². The van der Waals surface area contributed by atoms with E-state index in [4.69, 9.17) is 10.5 Å². The summed E-state index contributed by atoms with van der Waals surface area (Å²) in [7, 11) is 0. The second kappa shape index (κ2) is 9.00. The number of carbonyl (C=O) groups excluding carboxylic acids is 1. The SMILES string of the molecule is CSc1ccc([N+](=O)[O-])c(C(=O)N2CCC(OCCCN)CC2)c1. The third-order valence-electron chi connectivity index (χ3n) is 4.06. The second-order valence-electron chi connectivity index (χ2n) is 5.64. The number of ether oxygens (including phenoxy) is 1. The quantitative estimate of drug-likeness (QED) is 0.349. The number of benzene rings is 1. The van der Waals surface area contributed by atoms with Crippen molar-refractivity contribution in [3.05, 3.63) is 33.9 Å². The second-order valence-corrected chi connectivity index (χ2v) is 6.52. The van der Waals surface area contributed by atoms with Gasteiger partial charge in [0.25, 0.3) is 11.6 Å². The molecule has 0 aromatic heterocycles. The summed E-state index contributed by atoms with van der Waals surface area (Å²) in [6, 6.07) is 4.67. The maximum absolute atomic E-state index is 12.7. The van der Waals surface area contributed by atoms with Crippen LogP contribution in [-0.2, 0) is 4.74 Å². The van der Waals surface area contributed by atoms with Crippen LogP contribution >= 0.6 is 11.8 Å². The molecule has 0 unspecified atom stereocenters. The first-order chi connectivity index (χ1) is 11.6. The van der Waals surface area contributed by atoms with Crippen LogP contribution in [0.5, 0.6) is 0 Å². The molecule has 0 spiro atoms. The van der Waals surface area contributed by atoms with Crippen LogP contribution in [-0.4, -0.2) is 54.3 Å². The molecule has 1 fully saturated rings. The van der Waals surface area contributed by atoms with Gasteiger partial charge in [0.05, 0.1) is 11.0 Å². The molecule has 0 aliphatic carbocycles. The largest absolute Gasteiger partial charge is 0.378 e. The molecule has 1 amide bonds. The molecule has 1 aromatic rings. The highest BCUT2D eigenvalue weighted by Gasteiger charge is 2.28. The average Bonchev–Trinajstić information content (AvgIpc) is 2.61. The van der Waals surface area contributed by atoms with Crippen LogP contribution in [0.4, 0.5) is 5.69 Å². The van der Waals surface area contributed by atoms with Gasteiger partial charge in [-0.25, -0.2) is 0 Å². The van der Waals surface area contributed by atoms with Gasteiger partial charge in [0.15, 0.2) is 0 Å². The first kappa shape index (κ1) is 18.7. The lowest BCUT2D eigenvalue weighted by Crippen LogP contribution is -2.41. The standard InChI is InChI=1S/C16H23N3O4S/c1-24-13-3-4-15(19(21)22)14(11-13)16(20)18-8-5-12(6-9-18)23-10-2-7-17/h3-4,11-12H,2,5-10,17H2,1H3. The fourth-order valence-electron chi connectivity index (χ4n) is 2.70. The number of hydrogen-bond acceptors (Lipinski definition) is 6. The Balaban J connectivity index is 2.03. The highest BCUT2D eigenvalue weighted by atomic mass is 32.2. The monoisotopic (exact) mass is 353 g/mol. The summed E-state index contributed by atoms with van der Waals surface area (Å²) >= 11 is 1.46. The number of nitro benzene ring substituents is 1. The van der Waals surface area contributed by atoms with Crippen molar-refractivity contribution in [3.63, 3.8) is 0 Å². The minimum atomic E-state index is -0.500. The lowest BCUT2D eigenvalue weighted by atomic mass is 10.1. The molecule has 0 atom stereocenters. The molecular weight excluding hydrogens is 330 g/mol. The lowest BCUT2D eigenvalue weighted by molar-refractivity contribution is -0.385. The molecule has 1 aliphatic rings. The number of rotatable bonds is 7. The number of nitrogens with two attached hydrogens (primary N) is 1. The van der Waals surface area contributed by atoms with Crippen molar-refractivity contribution >= 4 is 23.4 Å². The zero-order valence-corrected chi connectivity index (χ0v) is 14.6. The number of amides is 1. The van der Waals surface area contributed by atoms with Crippen molar-refractivity contribution in [2.24, 2.45) is 5.73 Å². The number of nitro groups is 1. The fourth-order valence-corrected chi connectivity index (χ4v) is 3.14. The van der Waals surface area contributed by atoms with Gasteiger partial charge in [-0.1, -0.05) is 0 Å². The summed E-state index contributed by atoms with van der Waals surface area (Å²) in [5.74, 6) is -0.280. The van der Waals surface area contributed by atoms with E-state index >= 15 is 0 Å². The van der Waals surface area contributed by atoms with E-state index in [-0.39, 0.29) is 23.3 Å². The van der Waals surface area contributed by atoms with Gasteiger partial charge in [0.1, 0.15) is 5.56 Å². The zero-order chi connectivity index (χ0) is 17.5. The van der Waals surface area contributed by atoms with Crippen LogP contribution in [0.25, 0.3) is 0 Å². The van der Waals surface area contributed by atoms with Gasteiger partial charge in [-0.15, -0.1) is 11.8 Å². The van der Waals surface area contributed by atoms with Crippen molar-refractivity contribution in [1.82, 2.24) is 4.90 Å². The number of nitrogens with zero attached hydrogens (tertiary/aromatic N) is 2. The number of piperidine rings is 1. The van der Waals surface area contributed by atoms with Gasteiger partial charge in [0.2, 0.25) is 0 Å². The molecule has 2 N–H and O–H groups in total. The Labute approximate surface area is 145 Å². The van der Waals surface area contributed by atoms with Gasteiger partial charge < -0.3 is 15.4 Å². The topological polar surface area (TPSA) is 98.7 Å². The Morgan fingerprint density at radius 1 is 1.46 bits per heavy atom. The molecule has 132 valence electrons. The minimum Gasteiger partial charge on any atom is -0.378 e. The summed E-state index contributed by atoms with van der Waals surface area (Å²) in [5, 5.41) is 11.2. The normalized spacial score (nSPS) is 15.5. The van der Waals surface area contributed by atoms with E-state index in [1.165, 1.54) is 17.8 Å². The lowest BCUT2D eigenvalue weighted by Gasteiger charge is -2.32. The molecule has 1 aromatic carbocycles. The van der Waals surface area contributed by atoms with E-state index in [2.05, 4.69) is 0 Å². The Bertz CT molecular complexity index is 589. The fraction of sp³-hybridized carbons (Fsp3) is 0.562. The van der Waals surface area contributed by atoms with Crippen molar-refractivity contribution < 1.29 is 14.5 Å². The highest BCUT2D eigenvalue weighted by Crippen LogP contribution is 2.27. The number of carbonyl (C=O) groups is 1. The number of hydrogen-bond donors (Lipinski definition) is 1.